The van der Waals surface area contributed by atoms with Gasteiger partial charge >= 0.3 is 26.8 Å². The van der Waals surface area contributed by atoms with Crippen LogP contribution in [-0.2, 0) is 29.6 Å². The lowest BCUT2D eigenvalue weighted by Crippen LogP contribution is -2.77. The number of amides is 1. The fourth-order valence-electron chi connectivity index (χ4n) is 3.58. The van der Waals surface area contributed by atoms with Crippen LogP contribution in [0.2, 0.25) is 0 Å². The zero-order chi connectivity index (χ0) is 22.7. The first-order valence-electron chi connectivity index (χ1n) is 7.81. The van der Waals surface area contributed by atoms with E-state index in [4.69, 9.17) is 20.6 Å². The molecule has 4 unspecified atom stereocenters. The molecule has 1 amide bonds. The number of nitrogens with two attached hydrogens (primary N) is 2. The lowest BCUT2D eigenvalue weighted by molar-refractivity contribution is -0.252. The molecule has 0 aromatic carbocycles. The maximum absolute atomic E-state index is 11.4. The first kappa shape index (κ1) is 22.2. The van der Waals surface area contributed by atoms with Gasteiger partial charge in [-0.2, -0.15) is 21.6 Å². The molecule has 1 spiro atoms. The number of carbonyl (C=O) groups excluding carboxylic acids is 1. The molecular formula is C10H17N7O11S2. The molecule has 0 aliphatic carbocycles. The van der Waals surface area contributed by atoms with Crippen molar-refractivity contribution in [1.29, 1.82) is 0 Å². The molecule has 18 nitrogen and oxygen atoms in total. The van der Waals surface area contributed by atoms with Gasteiger partial charge in [0.1, 0.15) is 18.7 Å². The molecule has 3 aliphatic rings. The molecule has 0 aromatic rings. The normalized spacial score (nSPS) is 32.4. The Morgan fingerprint density at radius 3 is 2.47 bits per heavy atom. The maximum Gasteiger partial charge on any atom is 0.422 e. The first-order chi connectivity index (χ1) is 13.6. The van der Waals surface area contributed by atoms with Gasteiger partial charge in [0.2, 0.25) is 5.79 Å². The quantitative estimate of drug-likeness (QED) is 0.136. The van der Waals surface area contributed by atoms with Crippen molar-refractivity contribution in [2.45, 2.75) is 29.6 Å². The molecule has 1 fully saturated rings. The molecule has 3 aliphatic heterocycles. The van der Waals surface area contributed by atoms with Crippen LogP contribution in [0.4, 0.5) is 4.79 Å². The first-order valence-corrected chi connectivity index (χ1v) is 10.6. The average molecular weight is 475 g/mol. The predicted octanol–water partition coefficient (Wildman–Crippen LogP) is -5.62. The van der Waals surface area contributed by atoms with Crippen molar-refractivity contribution in [1.82, 2.24) is 14.9 Å². The molecule has 0 radical (unpaired) electrons. The van der Waals surface area contributed by atoms with E-state index in [1.165, 1.54) is 0 Å². The van der Waals surface area contributed by atoms with Crippen LogP contribution in [-0.4, -0.2) is 102 Å². The number of hydrogen-bond donors (Lipinski definition) is 8. The molecule has 170 valence electrons. The minimum atomic E-state index is -5.12. The van der Waals surface area contributed by atoms with Crippen LogP contribution in [0.3, 0.4) is 0 Å². The predicted molar refractivity (Wildman–Crippen MR) is 93.0 cm³/mol. The van der Waals surface area contributed by atoms with Gasteiger partial charge in [-0.1, -0.05) is 0 Å². The van der Waals surface area contributed by atoms with E-state index in [2.05, 4.69) is 24.2 Å². The molecule has 20 heteroatoms. The SMILES string of the molecule is NC1=NC2C(COC(=O)NS(=O)(=O)O)N=C(N)N3CC(OS(=O)(=O)O)C(O)(O)C23N1. The van der Waals surface area contributed by atoms with Crippen molar-refractivity contribution in [3.05, 3.63) is 0 Å². The minimum absolute atomic E-state index is 0.345. The van der Waals surface area contributed by atoms with Crippen molar-refractivity contribution in [2.24, 2.45) is 21.5 Å². The summed E-state index contributed by atoms with van der Waals surface area (Å²) in [7, 11) is -10.0. The Morgan fingerprint density at radius 1 is 1.27 bits per heavy atom. The summed E-state index contributed by atoms with van der Waals surface area (Å²) in [5.41, 5.74) is 9.32. The average Bonchev–Trinajstić information content (AvgIpc) is 2.99. The maximum atomic E-state index is 11.4. The fraction of sp³-hybridized carbons (Fsp3) is 0.700. The number of carbonyl (C=O) groups is 1. The van der Waals surface area contributed by atoms with E-state index in [0.717, 1.165) is 9.62 Å². The highest BCUT2D eigenvalue weighted by atomic mass is 32.3. The number of guanidine groups is 2. The monoisotopic (exact) mass is 475 g/mol. The summed E-state index contributed by atoms with van der Waals surface area (Å²) >= 11 is 0. The largest absolute Gasteiger partial charge is 0.446 e. The lowest BCUT2D eigenvalue weighted by Gasteiger charge is -2.48. The summed E-state index contributed by atoms with van der Waals surface area (Å²) in [6, 6.07) is -2.64. The number of ether oxygens (including phenoxy) is 1. The van der Waals surface area contributed by atoms with Gasteiger partial charge in [-0.25, -0.2) is 19.0 Å². The standard InChI is InChI=1S/C10H17N7O11S2/c11-6-14-5-3(2-27-8(18)16-29(21,22)23)13-7(12)17-1-4(28-30(24,25)26)10(19,20)9(5,17)15-6/h3-5,19-20H,1-2H2,(H2,12,13)(H,16,18)(H3,11,14,15)(H,21,22,23)(H,24,25,26). The number of rotatable bonds is 5. The van der Waals surface area contributed by atoms with E-state index >= 15 is 0 Å². The van der Waals surface area contributed by atoms with Gasteiger partial charge in [-0.3, -0.25) is 9.11 Å². The molecule has 0 aromatic heterocycles. The summed E-state index contributed by atoms with van der Waals surface area (Å²) in [5.74, 6) is -3.84. The molecule has 4 atom stereocenters. The van der Waals surface area contributed by atoms with Gasteiger partial charge in [0.05, 0.1) is 6.54 Å². The van der Waals surface area contributed by atoms with Gasteiger partial charge in [0, 0.05) is 0 Å². The number of nitrogens with one attached hydrogen (secondary N) is 2. The highest BCUT2D eigenvalue weighted by Gasteiger charge is 2.74. The highest BCUT2D eigenvalue weighted by molar-refractivity contribution is 7.84. The van der Waals surface area contributed by atoms with Crippen LogP contribution < -0.4 is 21.5 Å². The highest BCUT2D eigenvalue weighted by Crippen LogP contribution is 2.45. The molecular weight excluding hydrogens is 458 g/mol. The second-order valence-electron chi connectivity index (χ2n) is 6.43. The van der Waals surface area contributed by atoms with E-state index in [-0.39, 0.29) is 5.96 Å². The van der Waals surface area contributed by atoms with Gasteiger partial charge in [-0.05, 0) is 0 Å². The van der Waals surface area contributed by atoms with Crippen LogP contribution in [0.25, 0.3) is 0 Å². The van der Waals surface area contributed by atoms with Crippen molar-refractivity contribution in [3.8, 4) is 0 Å². The van der Waals surface area contributed by atoms with Crippen molar-refractivity contribution >= 4 is 38.7 Å². The Balaban J connectivity index is 1.92. The van der Waals surface area contributed by atoms with Gasteiger partial charge in [0.25, 0.3) is 0 Å². The van der Waals surface area contributed by atoms with Crippen LogP contribution >= 0.6 is 0 Å². The second kappa shape index (κ2) is 6.76. The van der Waals surface area contributed by atoms with Gasteiger partial charge < -0.3 is 36.6 Å². The fourth-order valence-corrected chi connectivity index (χ4v) is 4.34. The third kappa shape index (κ3) is 3.68. The molecule has 30 heavy (non-hydrogen) atoms. The molecule has 3 rings (SSSR count). The second-order valence-corrected chi connectivity index (χ2v) is 8.63. The topological polar surface area (TPSA) is 289 Å². The van der Waals surface area contributed by atoms with E-state index in [1.807, 2.05) is 0 Å². The number of nitrogens with zero attached hydrogens (tertiary/aromatic N) is 3. The Labute approximate surface area is 168 Å². The Morgan fingerprint density at radius 2 is 1.90 bits per heavy atom. The van der Waals surface area contributed by atoms with E-state index in [9.17, 15) is 31.8 Å². The van der Waals surface area contributed by atoms with Crippen molar-refractivity contribution in [3.63, 3.8) is 0 Å². The molecule has 3 heterocycles. The Bertz CT molecular complexity index is 1020. The van der Waals surface area contributed by atoms with Gasteiger partial charge in [-0.15, -0.1) is 0 Å². The molecule has 10 N–H and O–H groups in total. The number of aliphatic imine (C=N–C) groups is 2. The zero-order valence-corrected chi connectivity index (χ0v) is 16.2. The lowest BCUT2D eigenvalue weighted by atomic mass is 9.86. The van der Waals surface area contributed by atoms with E-state index < -0.39 is 75.5 Å². The number of aliphatic hydroxyl groups is 2. The molecule has 0 saturated carbocycles. The van der Waals surface area contributed by atoms with Crippen LogP contribution in [0.5, 0.6) is 0 Å². The van der Waals surface area contributed by atoms with E-state index in [0.29, 0.717) is 0 Å². The summed E-state index contributed by atoms with van der Waals surface area (Å²) in [5, 5.41) is 23.9. The van der Waals surface area contributed by atoms with Crippen LogP contribution in [0, 0.1) is 0 Å². The molecule has 1 saturated heterocycles. The summed E-state index contributed by atoms with van der Waals surface area (Å²) < 4.78 is 71.1. The zero-order valence-electron chi connectivity index (χ0n) is 14.6. The molecule has 0 bridgehead atoms. The van der Waals surface area contributed by atoms with Gasteiger partial charge in [0.15, 0.2) is 23.7 Å². The summed E-state index contributed by atoms with van der Waals surface area (Å²) in [6.45, 7) is -1.31. The Hall–Kier alpha value is -2.49. The number of hydrogen-bond acceptors (Lipinski definition) is 15. The van der Waals surface area contributed by atoms with Crippen molar-refractivity contribution < 1.29 is 49.9 Å². The third-order valence-corrected chi connectivity index (χ3v) is 5.48. The summed E-state index contributed by atoms with van der Waals surface area (Å²) in [4.78, 5) is 20.4. The van der Waals surface area contributed by atoms with Crippen LogP contribution in [0.15, 0.2) is 9.98 Å². The van der Waals surface area contributed by atoms with Crippen LogP contribution in [0.1, 0.15) is 0 Å². The van der Waals surface area contributed by atoms with E-state index in [1.54, 1.807) is 0 Å². The third-order valence-electron chi connectivity index (χ3n) is 4.58. The minimum Gasteiger partial charge on any atom is -0.446 e. The summed E-state index contributed by atoms with van der Waals surface area (Å²) in [6.07, 6.45) is -3.55. The smallest absolute Gasteiger partial charge is 0.422 e. The van der Waals surface area contributed by atoms with Crippen molar-refractivity contribution in [2.75, 3.05) is 13.2 Å². The Kier molecular flexibility index (Phi) is 5.00.